The van der Waals surface area contributed by atoms with Crippen molar-refractivity contribution in [3.63, 3.8) is 0 Å². The molecule has 0 unspecified atom stereocenters. The number of aryl methyl sites for hydroxylation is 2. The molecule has 0 aliphatic carbocycles. The van der Waals surface area contributed by atoms with Crippen molar-refractivity contribution in [1.29, 1.82) is 0 Å². The Morgan fingerprint density at radius 3 is 2.28 bits per heavy atom. The Hall–Kier alpha value is -2.61. The first-order valence-electron chi connectivity index (χ1n) is 9.34. The monoisotopic (exact) mass is 420 g/mol. The van der Waals surface area contributed by atoms with E-state index in [4.69, 9.17) is 4.74 Å². The standard InChI is InChI=1S/C21H28N2O5S/c1-14(2)23-16(4)11-18(17(23)5)20(24)13-28-21(25)12-22(29(6,26)27)19-10-8-7-9-15(19)3/h7-11,14H,12-13H2,1-6H3. The summed E-state index contributed by atoms with van der Waals surface area (Å²) < 4.78 is 32.5. The lowest BCUT2D eigenvalue weighted by molar-refractivity contribution is -0.140. The van der Waals surface area contributed by atoms with Crippen LogP contribution in [-0.4, -0.2) is 44.1 Å². The predicted molar refractivity (Wildman–Crippen MR) is 113 cm³/mol. The molecule has 7 nitrogen and oxygen atoms in total. The fourth-order valence-electron chi connectivity index (χ4n) is 3.47. The van der Waals surface area contributed by atoms with Crippen LogP contribution in [0.25, 0.3) is 0 Å². The van der Waals surface area contributed by atoms with Gasteiger partial charge in [-0.2, -0.15) is 0 Å². The van der Waals surface area contributed by atoms with E-state index >= 15 is 0 Å². The number of rotatable bonds is 8. The zero-order valence-electron chi connectivity index (χ0n) is 17.7. The zero-order chi connectivity index (χ0) is 21.9. The Bertz CT molecular complexity index is 1020. The SMILES string of the molecule is Cc1ccccc1N(CC(=O)OCC(=O)c1cc(C)n(C(C)C)c1C)S(C)(=O)=O. The van der Waals surface area contributed by atoms with E-state index in [0.29, 0.717) is 16.8 Å². The lowest BCUT2D eigenvalue weighted by atomic mass is 10.1. The Morgan fingerprint density at radius 2 is 1.76 bits per heavy atom. The van der Waals surface area contributed by atoms with Gasteiger partial charge in [-0.25, -0.2) is 8.42 Å². The molecule has 0 spiro atoms. The van der Waals surface area contributed by atoms with Gasteiger partial charge in [0, 0.05) is 23.0 Å². The molecule has 1 heterocycles. The van der Waals surface area contributed by atoms with E-state index in [1.807, 2.05) is 32.3 Å². The van der Waals surface area contributed by atoms with Crippen LogP contribution in [0.3, 0.4) is 0 Å². The third-order valence-corrected chi connectivity index (χ3v) is 5.85. The molecule has 0 saturated carbocycles. The number of ketones is 1. The molecule has 0 aliphatic heterocycles. The smallest absolute Gasteiger partial charge is 0.327 e. The molecule has 0 amide bonds. The molecule has 0 radical (unpaired) electrons. The summed E-state index contributed by atoms with van der Waals surface area (Å²) >= 11 is 0. The van der Waals surface area contributed by atoms with Gasteiger partial charge in [-0.3, -0.25) is 13.9 Å². The van der Waals surface area contributed by atoms with E-state index in [0.717, 1.165) is 21.9 Å². The molecule has 0 N–H and O–H groups in total. The number of carbonyl (C=O) groups excluding carboxylic acids is 2. The fraction of sp³-hybridized carbons (Fsp3) is 0.429. The molecule has 0 bridgehead atoms. The molecule has 29 heavy (non-hydrogen) atoms. The van der Waals surface area contributed by atoms with E-state index in [9.17, 15) is 18.0 Å². The van der Waals surface area contributed by atoms with Crippen molar-refractivity contribution >= 4 is 27.5 Å². The van der Waals surface area contributed by atoms with Gasteiger partial charge in [0.25, 0.3) is 0 Å². The van der Waals surface area contributed by atoms with Gasteiger partial charge in [-0.15, -0.1) is 0 Å². The number of ether oxygens (including phenoxy) is 1. The highest BCUT2D eigenvalue weighted by molar-refractivity contribution is 7.92. The van der Waals surface area contributed by atoms with Gasteiger partial charge in [0.1, 0.15) is 6.54 Å². The second-order valence-corrected chi connectivity index (χ2v) is 9.30. The number of aromatic nitrogens is 1. The predicted octanol–water partition coefficient (Wildman–Crippen LogP) is 3.19. The molecule has 158 valence electrons. The second-order valence-electron chi connectivity index (χ2n) is 7.39. The Balaban J connectivity index is 2.11. The number of Topliss-reactive ketones (excluding diaryl/α,β-unsaturated/α-hetero) is 1. The summed E-state index contributed by atoms with van der Waals surface area (Å²) in [5, 5.41) is 0. The number of carbonyl (C=O) groups is 2. The number of nitrogens with zero attached hydrogens (tertiary/aromatic N) is 2. The van der Waals surface area contributed by atoms with Crippen LogP contribution in [-0.2, 0) is 19.6 Å². The van der Waals surface area contributed by atoms with Crippen molar-refractivity contribution in [3.05, 3.63) is 52.8 Å². The van der Waals surface area contributed by atoms with E-state index in [1.165, 1.54) is 0 Å². The van der Waals surface area contributed by atoms with Crippen LogP contribution >= 0.6 is 0 Å². The van der Waals surface area contributed by atoms with Crippen LogP contribution in [0.5, 0.6) is 0 Å². The highest BCUT2D eigenvalue weighted by Crippen LogP contribution is 2.22. The van der Waals surface area contributed by atoms with E-state index in [-0.39, 0.29) is 11.8 Å². The molecule has 1 aromatic heterocycles. The maximum Gasteiger partial charge on any atom is 0.327 e. The van der Waals surface area contributed by atoms with Crippen LogP contribution in [0.4, 0.5) is 5.69 Å². The van der Waals surface area contributed by atoms with Gasteiger partial charge >= 0.3 is 5.97 Å². The minimum Gasteiger partial charge on any atom is -0.456 e. The molecule has 8 heteroatoms. The van der Waals surface area contributed by atoms with Gasteiger partial charge < -0.3 is 9.30 Å². The third-order valence-electron chi connectivity index (χ3n) is 4.72. The van der Waals surface area contributed by atoms with Crippen LogP contribution in [0.15, 0.2) is 30.3 Å². The van der Waals surface area contributed by atoms with Crippen molar-refractivity contribution in [1.82, 2.24) is 4.57 Å². The number of benzene rings is 1. The lowest BCUT2D eigenvalue weighted by Crippen LogP contribution is -2.36. The molecule has 0 fully saturated rings. The van der Waals surface area contributed by atoms with Gasteiger partial charge in [-0.1, -0.05) is 18.2 Å². The van der Waals surface area contributed by atoms with Crippen molar-refractivity contribution < 1.29 is 22.7 Å². The normalized spacial score (nSPS) is 11.6. The molecule has 1 aromatic carbocycles. The quantitative estimate of drug-likeness (QED) is 0.484. The summed E-state index contributed by atoms with van der Waals surface area (Å²) in [7, 11) is -3.70. The number of esters is 1. The van der Waals surface area contributed by atoms with Crippen LogP contribution in [0.1, 0.15) is 47.2 Å². The van der Waals surface area contributed by atoms with Crippen molar-refractivity contribution in [2.45, 2.75) is 40.7 Å². The highest BCUT2D eigenvalue weighted by Gasteiger charge is 2.24. The molecular formula is C21H28N2O5S. The lowest BCUT2D eigenvalue weighted by Gasteiger charge is -2.23. The molecule has 2 aromatic rings. The number of para-hydroxylation sites is 1. The number of anilines is 1. The topological polar surface area (TPSA) is 85.7 Å². The first-order valence-corrected chi connectivity index (χ1v) is 11.2. The van der Waals surface area contributed by atoms with Gasteiger partial charge in [0.05, 0.1) is 11.9 Å². The average molecular weight is 421 g/mol. The molecule has 2 rings (SSSR count). The summed E-state index contributed by atoms with van der Waals surface area (Å²) in [6.45, 7) is 8.65. The van der Waals surface area contributed by atoms with E-state index in [1.54, 1.807) is 37.3 Å². The average Bonchev–Trinajstić information content (AvgIpc) is 2.92. The minimum absolute atomic E-state index is 0.205. The largest absolute Gasteiger partial charge is 0.456 e. The maximum atomic E-state index is 12.5. The minimum atomic E-state index is -3.70. The molecule has 0 saturated heterocycles. The third kappa shape index (κ3) is 5.26. The highest BCUT2D eigenvalue weighted by atomic mass is 32.2. The second kappa shape index (κ2) is 8.82. The number of sulfonamides is 1. The summed E-state index contributed by atoms with van der Waals surface area (Å²) in [5.41, 5.74) is 3.38. The maximum absolute atomic E-state index is 12.5. The summed E-state index contributed by atoms with van der Waals surface area (Å²) in [6, 6.07) is 8.84. The number of hydrogen-bond donors (Lipinski definition) is 0. The molecular weight excluding hydrogens is 392 g/mol. The van der Waals surface area contributed by atoms with Crippen LogP contribution < -0.4 is 4.31 Å². The summed E-state index contributed by atoms with van der Waals surface area (Å²) in [4.78, 5) is 24.8. The van der Waals surface area contributed by atoms with E-state index < -0.39 is 29.1 Å². The first-order chi connectivity index (χ1) is 13.4. The Morgan fingerprint density at radius 1 is 1.14 bits per heavy atom. The fourth-order valence-corrected chi connectivity index (χ4v) is 4.37. The summed E-state index contributed by atoms with van der Waals surface area (Å²) in [6.07, 6.45) is 1.03. The Labute approximate surface area is 172 Å². The van der Waals surface area contributed by atoms with Gasteiger partial charge in [0.2, 0.25) is 15.8 Å². The van der Waals surface area contributed by atoms with Crippen LogP contribution in [0.2, 0.25) is 0 Å². The zero-order valence-corrected chi connectivity index (χ0v) is 18.5. The van der Waals surface area contributed by atoms with Gasteiger partial charge in [-0.05, 0) is 52.3 Å². The van der Waals surface area contributed by atoms with Crippen molar-refractivity contribution in [3.8, 4) is 0 Å². The molecule has 0 aliphatic rings. The van der Waals surface area contributed by atoms with Crippen molar-refractivity contribution in [2.24, 2.45) is 0 Å². The van der Waals surface area contributed by atoms with Crippen molar-refractivity contribution in [2.75, 3.05) is 23.7 Å². The summed E-state index contributed by atoms with van der Waals surface area (Å²) in [5.74, 6) is -1.11. The van der Waals surface area contributed by atoms with Gasteiger partial charge in [0.15, 0.2) is 6.61 Å². The first kappa shape index (κ1) is 22.7. The Kier molecular flexibility index (Phi) is 6.89. The number of hydrogen-bond acceptors (Lipinski definition) is 5. The van der Waals surface area contributed by atoms with Crippen LogP contribution in [0, 0.1) is 20.8 Å². The molecule has 0 atom stereocenters. The van der Waals surface area contributed by atoms with E-state index in [2.05, 4.69) is 0 Å².